The Labute approximate surface area is 165 Å². The molecule has 0 spiro atoms. The van der Waals surface area contributed by atoms with Gasteiger partial charge < -0.3 is 0 Å². The van der Waals surface area contributed by atoms with Crippen molar-refractivity contribution in [3.05, 3.63) is 69.6 Å². The van der Waals surface area contributed by atoms with Crippen LogP contribution in [-0.4, -0.2) is 0 Å². The first-order chi connectivity index (χ1) is 13.0. The maximum absolute atomic E-state index is 14.9. The zero-order valence-corrected chi connectivity index (χ0v) is 17.4. The van der Waals surface area contributed by atoms with Crippen molar-refractivity contribution in [2.75, 3.05) is 0 Å². The van der Waals surface area contributed by atoms with E-state index in [4.69, 9.17) is 0 Å². The van der Waals surface area contributed by atoms with Crippen molar-refractivity contribution in [3.63, 3.8) is 0 Å². The summed E-state index contributed by atoms with van der Waals surface area (Å²) >= 11 is 1.77. The van der Waals surface area contributed by atoms with Gasteiger partial charge in [0.25, 0.3) is 0 Å². The molecule has 0 aliphatic carbocycles. The Morgan fingerprint density at radius 1 is 0.963 bits per heavy atom. The number of benzene rings is 2. The van der Waals surface area contributed by atoms with Gasteiger partial charge in [-0.1, -0.05) is 58.7 Å². The van der Waals surface area contributed by atoms with Gasteiger partial charge in [-0.15, -0.1) is 11.3 Å². The molecule has 0 amide bonds. The predicted molar refractivity (Wildman–Crippen MR) is 113 cm³/mol. The molecule has 2 aromatic carbocycles. The molecule has 1 heterocycles. The highest BCUT2D eigenvalue weighted by molar-refractivity contribution is 7.19. The zero-order chi connectivity index (χ0) is 19.6. The maximum atomic E-state index is 14.9. The molecule has 3 aromatic rings. The van der Waals surface area contributed by atoms with Gasteiger partial charge in [-0.25, -0.2) is 8.78 Å². The van der Waals surface area contributed by atoms with Crippen LogP contribution in [0.25, 0.3) is 10.1 Å². The van der Waals surface area contributed by atoms with Crippen molar-refractivity contribution in [1.29, 1.82) is 0 Å². The van der Waals surface area contributed by atoms with Crippen molar-refractivity contribution in [2.24, 2.45) is 5.92 Å². The van der Waals surface area contributed by atoms with E-state index in [2.05, 4.69) is 26.0 Å². The van der Waals surface area contributed by atoms with Gasteiger partial charge in [0.05, 0.1) is 0 Å². The Morgan fingerprint density at radius 3 is 2.26 bits per heavy atom. The summed E-state index contributed by atoms with van der Waals surface area (Å²) in [6.07, 6.45) is 3.62. The van der Waals surface area contributed by atoms with Crippen LogP contribution in [0.4, 0.5) is 8.78 Å². The van der Waals surface area contributed by atoms with E-state index in [0.29, 0.717) is 12.3 Å². The molecular weight excluding hydrogens is 358 g/mol. The van der Waals surface area contributed by atoms with E-state index in [1.165, 1.54) is 21.7 Å². The lowest BCUT2D eigenvalue weighted by molar-refractivity contribution is 0.540. The average molecular weight is 387 g/mol. The van der Waals surface area contributed by atoms with Gasteiger partial charge >= 0.3 is 0 Å². The molecule has 1 unspecified atom stereocenters. The number of hydrogen-bond donors (Lipinski definition) is 0. The monoisotopic (exact) mass is 386 g/mol. The van der Waals surface area contributed by atoms with Crippen LogP contribution in [0.2, 0.25) is 0 Å². The summed E-state index contributed by atoms with van der Waals surface area (Å²) in [5.74, 6) is -0.604. The Hall–Kier alpha value is -1.74. The van der Waals surface area contributed by atoms with Gasteiger partial charge in [-0.3, -0.25) is 0 Å². The standard InChI is InChI=1S/C24H28F2S/c1-5-9-17-13-19(25)24(20(26)14-17)16(4)23-18-10-7-8-11-21(18)27-22(23)12-15(3)6-2/h7-8,10-11,13-16H,5-6,9,12H2,1-4H3/t15-,16?/m1/s1. The predicted octanol–water partition coefficient (Wildman–Crippen LogP) is 7.87. The molecule has 2 atom stereocenters. The highest BCUT2D eigenvalue weighted by Gasteiger charge is 2.25. The van der Waals surface area contributed by atoms with Crippen LogP contribution in [0.5, 0.6) is 0 Å². The number of aryl methyl sites for hydroxylation is 1. The molecule has 27 heavy (non-hydrogen) atoms. The van der Waals surface area contributed by atoms with Crippen LogP contribution in [-0.2, 0) is 12.8 Å². The van der Waals surface area contributed by atoms with Crippen molar-refractivity contribution in [3.8, 4) is 0 Å². The van der Waals surface area contributed by atoms with E-state index in [9.17, 15) is 8.78 Å². The fraction of sp³-hybridized carbons (Fsp3) is 0.417. The Balaban J connectivity index is 2.12. The van der Waals surface area contributed by atoms with E-state index in [0.717, 1.165) is 35.8 Å². The third-order valence-electron chi connectivity index (χ3n) is 5.49. The third-order valence-corrected chi connectivity index (χ3v) is 6.69. The molecule has 0 bridgehead atoms. The third kappa shape index (κ3) is 4.08. The van der Waals surface area contributed by atoms with Crippen LogP contribution in [0, 0.1) is 17.6 Å². The minimum absolute atomic E-state index is 0.198. The lowest BCUT2D eigenvalue weighted by Gasteiger charge is -2.18. The lowest BCUT2D eigenvalue weighted by atomic mass is 9.87. The van der Waals surface area contributed by atoms with E-state index in [1.807, 2.05) is 26.0 Å². The number of halogens is 2. The molecule has 0 saturated heterocycles. The van der Waals surface area contributed by atoms with Gasteiger partial charge in [0, 0.05) is 21.1 Å². The van der Waals surface area contributed by atoms with Crippen molar-refractivity contribution < 1.29 is 8.78 Å². The van der Waals surface area contributed by atoms with E-state index in [1.54, 1.807) is 11.3 Å². The number of fused-ring (bicyclic) bond motifs is 1. The van der Waals surface area contributed by atoms with Crippen LogP contribution in [0.3, 0.4) is 0 Å². The first kappa shape index (κ1) is 20.0. The number of hydrogen-bond acceptors (Lipinski definition) is 1. The summed E-state index contributed by atoms with van der Waals surface area (Å²) in [6.45, 7) is 8.38. The van der Waals surface area contributed by atoms with Crippen LogP contribution in [0.15, 0.2) is 36.4 Å². The fourth-order valence-corrected chi connectivity index (χ4v) is 5.30. The van der Waals surface area contributed by atoms with Gasteiger partial charge in [-0.05, 0) is 53.5 Å². The van der Waals surface area contributed by atoms with E-state index < -0.39 is 11.6 Å². The van der Waals surface area contributed by atoms with Gasteiger partial charge in [0.15, 0.2) is 0 Å². The Bertz CT molecular complexity index is 902. The fourth-order valence-electron chi connectivity index (χ4n) is 3.83. The van der Waals surface area contributed by atoms with Crippen LogP contribution < -0.4 is 0 Å². The van der Waals surface area contributed by atoms with Crippen molar-refractivity contribution in [1.82, 2.24) is 0 Å². The second kappa shape index (κ2) is 8.52. The normalized spacial score (nSPS) is 13.9. The minimum atomic E-state index is -0.421. The molecule has 0 radical (unpaired) electrons. The molecular formula is C24H28F2S. The molecule has 0 saturated carbocycles. The molecule has 3 heteroatoms. The molecule has 0 N–H and O–H groups in total. The lowest BCUT2D eigenvalue weighted by Crippen LogP contribution is -2.07. The molecule has 0 aliphatic heterocycles. The highest BCUT2D eigenvalue weighted by atomic mass is 32.1. The first-order valence-corrected chi connectivity index (χ1v) is 10.8. The molecule has 0 aliphatic rings. The molecule has 144 valence electrons. The second-order valence-electron chi connectivity index (χ2n) is 7.60. The van der Waals surface area contributed by atoms with Gasteiger partial charge in [0.2, 0.25) is 0 Å². The van der Waals surface area contributed by atoms with Gasteiger partial charge in [0.1, 0.15) is 11.6 Å². The van der Waals surface area contributed by atoms with E-state index in [-0.39, 0.29) is 11.5 Å². The molecule has 0 fully saturated rings. The molecule has 3 rings (SSSR count). The molecule has 1 aromatic heterocycles. The quantitative estimate of drug-likeness (QED) is 0.387. The SMILES string of the molecule is CCCc1cc(F)c(C(C)c2c(C[C@H](C)CC)sc3ccccc23)c(F)c1. The summed E-state index contributed by atoms with van der Waals surface area (Å²) in [4.78, 5) is 1.26. The zero-order valence-electron chi connectivity index (χ0n) is 16.6. The van der Waals surface area contributed by atoms with E-state index >= 15 is 0 Å². The number of rotatable bonds is 7. The molecule has 0 nitrogen and oxygen atoms in total. The highest BCUT2D eigenvalue weighted by Crippen LogP contribution is 2.41. The van der Waals surface area contributed by atoms with Gasteiger partial charge in [-0.2, -0.15) is 0 Å². The second-order valence-corrected chi connectivity index (χ2v) is 8.73. The largest absolute Gasteiger partial charge is 0.207 e. The Morgan fingerprint density at radius 2 is 1.63 bits per heavy atom. The summed E-state index contributed by atoms with van der Waals surface area (Å²) in [5.41, 5.74) is 2.03. The van der Waals surface area contributed by atoms with Crippen molar-refractivity contribution in [2.45, 2.75) is 59.3 Å². The average Bonchev–Trinajstić information content (AvgIpc) is 2.98. The minimum Gasteiger partial charge on any atom is -0.207 e. The smallest absolute Gasteiger partial charge is 0.130 e. The first-order valence-electron chi connectivity index (χ1n) is 9.94. The summed E-state index contributed by atoms with van der Waals surface area (Å²) in [5, 5.41) is 1.13. The van der Waals surface area contributed by atoms with Crippen LogP contribution in [0.1, 0.15) is 68.0 Å². The topological polar surface area (TPSA) is 0 Å². The Kier molecular flexibility index (Phi) is 6.31. The summed E-state index contributed by atoms with van der Waals surface area (Å²) < 4.78 is 31.0. The maximum Gasteiger partial charge on any atom is 0.130 e. The number of thiophene rings is 1. The van der Waals surface area contributed by atoms with Crippen LogP contribution >= 0.6 is 11.3 Å². The summed E-state index contributed by atoms with van der Waals surface area (Å²) in [7, 11) is 0. The van der Waals surface area contributed by atoms with Crippen molar-refractivity contribution >= 4 is 21.4 Å². The summed E-state index contributed by atoms with van der Waals surface area (Å²) in [6, 6.07) is 11.3.